The van der Waals surface area contributed by atoms with E-state index in [0.717, 1.165) is 35.9 Å². The van der Waals surface area contributed by atoms with Gasteiger partial charge in [0.1, 0.15) is 0 Å². The Morgan fingerprint density at radius 1 is 1.14 bits per heavy atom. The molecule has 1 saturated heterocycles. The van der Waals surface area contributed by atoms with Crippen LogP contribution in [0, 0.1) is 13.8 Å². The van der Waals surface area contributed by atoms with Crippen LogP contribution in [0.15, 0.2) is 55.0 Å². The van der Waals surface area contributed by atoms with Gasteiger partial charge in [-0.3, -0.25) is 9.97 Å². The summed E-state index contributed by atoms with van der Waals surface area (Å²) in [7, 11) is 0. The van der Waals surface area contributed by atoms with Gasteiger partial charge < -0.3 is 14.8 Å². The van der Waals surface area contributed by atoms with E-state index in [9.17, 15) is 0 Å². The summed E-state index contributed by atoms with van der Waals surface area (Å²) in [6.07, 6.45) is 7.81. The molecule has 5 nitrogen and oxygen atoms in total. The van der Waals surface area contributed by atoms with Crippen molar-refractivity contribution in [3.63, 3.8) is 0 Å². The highest BCUT2D eigenvalue weighted by molar-refractivity contribution is 7.80. The van der Waals surface area contributed by atoms with Crippen LogP contribution in [0.5, 0.6) is 0 Å². The second-order valence-electron chi connectivity index (χ2n) is 7.55. The Morgan fingerprint density at radius 2 is 2.00 bits per heavy atom. The van der Waals surface area contributed by atoms with Crippen LogP contribution < -0.4 is 5.32 Å². The Kier molecular flexibility index (Phi) is 5.62. The van der Waals surface area contributed by atoms with Gasteiger partial charge in [-0.25, -0.2) is 0 Å². The molecule has 4 heterocycles. The van der Waals surface area contributed by atoms with Crippen LogP contribution in [0.4, 0.5) is 0 Å². The third-order valence-electron chi connectivity index (χ3n) is 5.64. The first-order valence-electron chi connectivity index (χ1n) is 10.2. The third-order valence-corrected chi connectivity index (χ3v) is 6.00. The molecule has 1 N–H and O–H groups in total. The lowest BCUT2D eigenvalue weighted by Gasteiger charge is -2.28. The highest BCUT2D eigenvalue weighted by Gasteiger charge is 2.41. The summed E-state index contributed by atoms with van der Waals surface area (Å²) in [5.74, 6) is 0. The van der Waals surface area contributed by atoms with E-state index in [1.54, 1.807) is 0 Å². The standard InChI is InChI=1S/C23H27N5S/c1-4-5-13-27-22(21(26-23(27)29)20-10-6-7-12-25-20)19-14-16(2)28(17(19)3)18-9-8-11-24-15-18/h6-12,14-15,21-22H,4-5,13H2,1-3H3,(H,26,29). The molecule has 0 aromatic carbocycles. The Hall–Kier alpha value is -2.73. The van der Waals surface area contributed by atoms with Gasteiger partial charge in [-0.1, -0.05) is 19.4 Å². The molecule has 0 spiro atoms. The van der Waals surface area contributed by atoms with Crippen molar-refractivity contribution < 1.29 is 0 Å². The first kappa shape index (κ1) is 19.6. The summed E-state index contributed by atoms with van der Waals surface area (Å²) in [6, 6.07) is 12.6. The summed E-state index contributed by atoms with van der Waals surface area (Å²) < 4.78 is 2.27. The van der Waals surface area contributed by atoms with Crippen molar-refractivity contribution in [2.45, 2.75) is 45.7 Å². The molecule has 0 aliphatic carbocycles. The number of rotatable bonds is 6. The number of hydrogen-bond donors (Lipinski definition) is 1. The zero-order chi connectivity index (χ0) is 20.4. The van der Waals surface area contributed by atoms with Gasteiger partial charge in [-0.05, 0) is 68.4 Å². The quantitative estimate of drug-likeness (QED) is 0.605. The number of pyridine rings is 2. The molecule has 4 rings (SSSR count). The molecule has 2 atom stereocenters. The Morgan fingerprint density at radius 3 is 2.69 bits per heavy atom. The molecular formula is C23H27N5S. The van der Waals surface area contributed by atoms with Crippen LogP contribution in [-0.4, -0.2) is 31.1 Å². The molecule has 0 bridgehead atoms. The minimum Gasteiger partial charge on any atom is -0.352 e. The van der Waals surface area contributed by atoms with Crippen molar-refractivity contribution in [2.24, 2.45) is 0 Å². The van der Waals surface area contributed by atoms with Gasteiger partial charge in [0.15, 0.2) is 5.11 Å². The molecule has 2 unspecified atom stereocenters. The molecule has 150 valence electrons. The number of aryl methyl sites for hydroxylation is 1. The predicted octanol–water partition coefficient (Wildman–Crippen LogP) is 4.66. The fourth-order valence-corrected chi connectivity index (χ4v) is 4.62. The second-order valence-corrected chi connectivity index (χ2v) is 7.93. The smallest absolute Gasteiger partial charge is 0.170 e. The van der Waals surface area contributed by atoms with Crippen molar-refractivity contribution in [3.05, 3.63) is 77.6 Å². The molecule has 1 fully saturated rings. The maximum Gasteiger partial charge on any atom is 0.170 e. The van der Waals surface area contributed by atoms with Crippen molar-refractivity contribution in [1.29, 1.82) is 0 Å². The average molecular weight is 406 g/mol. The average Bonchev–Trinajstić information content (AvgIpc) is 3.23. The van der Waals surface area contributed by atoms with E-state index in [1.165, 1.54) is 17.0 Å². The first-order valence-corrected chi connectivity index (χ1v) is 10.6. The molecule has 6 heteroatoms. The Bertz CT molecular complexity index is 983. The van der Waals surface area contributed by atoms with Gasteiger partial charge in [0.25, 0.3) is 0 Å². The SMILES string of the molecule is CCCCN1C(=S)NC(c2ccccn2)C1c1cc(C)n(-c2cccnc2)c1C. The lowest BCUT2D eigenvalue weighted by molar-refractivity contribution is 0.312. The van der Waals surface area contributed by atoms with E-state index in [4.69, 9.17) is 12.2 Å². The fourth-order valence-electron chi connectivity index (χ4n) is 4.28. The highest BCUT2D eigenvalue weighted by atomic mass is 32.1. The van der Waals surface area contributed by atoms with Crippen LogP contribution in [0.25, 0.3) is 5.69 Å². The summed E-state index contributed by atoms with van der Waals surface area (Å²) in [4.78, 5) is 11.3. The number of aromatic nitrogens is 3. The molecule has 0 radical (unpaired) electrons. The van der Waals surface area contributed by atoms with E-state index in [-0.39, 0.29) is 12.1 Å². The number of nitrogens with zero attached hydrogens (tertiary/aromatic N) is 4. The molecule has 1 aliphatic heterocycles. The summed E-state index contributed by atoms with van der Waals surface area (Å²) >= 11 is 5.75. The van der Waals surface area contributed by atoms with Crippen LogP contribution in [0.1, 0.15) is 54.5 Å². The van der Waals surface area contributed by atoms with Gasteiger partial charge in [-0.2, -0.15) is 0 Å². The van der Waals surface area contributed by atoms with Crippen molar-refractivity contribution in [2.75, 3.05) is 6.54 Å². The second kappa shape index (κ2) is 8.33. The molecule has 1 aliphatic rings. The van der Waals surface area contributed by atoms with E-state index in [1.807, 2.05) is 36.8 Å². The van der Waals surface area contributed by atoms with E-state index >= 15 is 0 Å². The molecule has 29 heavy (non-hydrogen) atoms. The van der Waals surface area contributed by atoms with Crippen molar-refractivity contribution >= 4 is 17.3 Å². The van der Waals surface area contributed by atoms with Gasteiger partial charge >= 0.3 is 0 Å². The topological polar surface area (TPSA) is 46.0 Å². The minimum absolute atomic E-state index is 0.0309. The molecule has 0 saturated carbocycles. The first-order chi connectivity index (χ1) is 14.1. The van der Waals surface area contributed by atoms with E-state index in [0.29, 0.717) is 0 Å². The number of nitrogens with one attached hydrogen (secondary N) is 1. The lowest BCUT2D eigenvalue weighted by atomic mass is 9.96. The minimum atomic E-state index is 0.0309. The lowest BCUT2D eigenvalue weighted by Crippen LogP contribution is -2.30. The number of thiocarbonyl (C=S) groups is 1. The van der Waals surface area contributed by atoms with Crippen LogP contribution in [0.3, 0.4) is 0 Å². The highest BCUT2D eigenvalue weighted by Crippen LogP contribution is 2.41. The summed E-state index contributed by atoms with van der Waals surface area (Å²) in [5, 5.41) is 4.36. The number of unbranched alkanes of at least 4 members (excludes halogenated alkanes) is 1. The normalized spacial score (nSPS) is 18.9. The third kappa shape index (κ3) is 3.65. The maximum atomic E-state index is 5.75. The van der Waals surface area contributed by atoms with Crippen molar-refractivity contribution in [3.8, 4) is 5.69 Å². The van der Waals surface area contributed by atoms with Gasteiger partial charge in [0, 0.05) is 30.3 Å². The predicted molar refractivity (Wildman–Crippen MR) is 120 cm³/mol. The van der Waals surface area contributed by atoms with E-state index < -0.39 is 0 Å². The zero-order valence-corrected chi connectivity index (χ0v) is 18.0. The molecule has 3 aromatic rings. The largest absolute Gasteiger partial charge is 0.352 e. The van der Waals surface area contributed by atoms with E-state index in [2.05, 4.69) is 63.7 Å². The maximum absolute atomic E-state index is 5.75. The van der Waals surface area contributed by atoms with Crippen LogP contribution in [-0.2, 0) is 0 Å². The zero-order valence-electron chi connectivity index (χ0n) is 17.2. The van der Waals surface area contributed by atoms with Gasteiger partial charge in [-0.15, -0.1) is 0 Å². The molecule has 0 amide bonds. The Labute approximate surface area is 177 Å². The van der Waals surface area contributed by atoms with Gasteiger partial charge in [0.05, 0.1) is 29.7 Å². The van der Waals surface area contributed by atoms with Crippen molar-refractivity contribution in [1.82, 2.24) is 24.8 Å². The fraction of sp³-hybridized carbons (Fsp3) is 0.348. The number of hydrogen-bond acceptors (Lipinski definition) is 3. The monoisotopic (exact) mass is 405 g/mol. The molecule has 3 aromatic heterocycles. The summed E-state index contributed by atoms with van der Waals surface area (Å²) in [6.45, 7) is 7.49. The molecular weight excluding hydrogens is 378 g/mol. The van der Waals surface area contributed by atoms with Crippen LogP contribution >= 0.6 is 12.2 Å². The Balaban J connectivity index is 1.81. The summed E-state index contributed by atoms with van der Waals surface area (Å²) in [5.41, 5.74) is 5.79. The van der Waals surface area contributed by atoms with Gasteiger partial charge in [0.2, 0.25) is 0 Å². The van der Waals surface area contributed by atoms with Crippen LogP contribution in [0.2, 0.25) is 0 Å².